The van der Waals surface area contributed by atoms with E-state index in [0.29, 0.717) is 6.61 Å². The fourth-order valence-corrected chi connectivity index (χ4v) is 2.30. The molecule has 0 aliphatic rings. The summed E-state index contributed by atoms with van der Waals surface area (Å²) in [6.07, 6.45) is 0. The molecule has 2 rings (SSSR count). The molecule has 2 aromatic rings. The van der Waals surface area contributed by atoms with Crippen LogP contribution in [0.25, 0.3) is 0 Å². The Labute approximate surface area is 120 Å². The second kappa shape index (κ2) is 6.96. The molecule has 0 amide bonds. The van der Waals surface area contributed by atoms with Gasteiger partial charge < -0.3 is 14.8 Å². The van der Waals surface area contributed by atoms with E-state index in [1.165, 1.54) is 11.1 Å². The van der Waals surface area contributed by atoms with Crippen LogP contribution in [0.1, 0.15) is 24.1 Å². The monoisotopic (exact) mass is 271 g/mol. The average Bonchev–Trinajstić information content (AvgIpc) is 2.49. The van der Waals surface area contributed by atoms with Crippen molar-refractivity contribution in [2.45, 2.75) is 13.0 Å². The Morgan fingerprint density at radius 1 is 1.00 bits per heavy atom. The standard InChI is InChI=1S/C17H21NO2/c1-4-20-16-10-6-8-14(12-16)17(18-2)13-7-5-9-15(11-13)19-3/h5-12,17-18H,4H2,1-3H3. The second-order valence-electron chi connectivity index (χ2n) is 4.50. The number of ether oxygens (including phenoxy) is 2. The Kier molecular flexibility index (Phi) is 5.02. The molecule has 0 aliphatic carbocycles. The largest absolute Gasteiger partial charge is 0.497 e. The van der Waals surface area contributed by atoms with E-state index in [1.807, 2.05) is 38.2 Å². The first-order valence-corrected chi connectivity index (χ1v) is 6.82. The second-order valence-corrected chi connectivity index (χ2v) is 4.50. The number of benzene rings is 2. The van der Waals surface area contributed by atoms with Gasteiger partial charge in [-0.05, 0) is 49.4 Å². The molecule has 106 valence electrons. The molecule has 0 saturated heterocycles. The van der Waals surface area contributed by atoms with Gasteiger partial charge in [-0.2, -0.15) is 0 Å². The maximum Gasteiger partial charge on any atom is 0.119 e. The molecule has 0 bridgehead atoms. The van der Waals surface area contributed by atoms with E-state index < -0.39 is 0 Å². The van der Waals surface area contributed by atoms with E-state index >= 15 is 0 Å². The summed E-state index contributed by atoms with van der Waals surface area (Å²) in [6, 6.07) is 16.4. The molecule has 0 aliphatic heterocycles. The first-order valence-electron chi connectivity index (χ1n) is 6.82. The van der Waals surface area contributed by atoms with Gasteiger partial charge in [-0.25, -0.2) is 0 Å². The lowest BCUT2D eigenvalue weighted by molar-refractivity contribution is 0.339. The van der Waals surface area contributed by atoms with Crippen LogP contribution in [0.2, 0.25) is 0 Å². The number of methoxy groups -OCH3 is 1. The van der Waals surface area contributed by atoms with Gasteiger partial charge >= 0.3 is 0 Å². The molecule has 3 nitrogen and oxygen atoms in total. The van der Waals surface area contributed by atoms with Gasteiger partial charge in [0, 0.05) is 0 Å². The normalized spacial score (nSPS) is 11.9. The predicted molar refractivity (Wildman–Crippen MR) is 81.5 cm³/mol. The molecular formula is C17H21NO2. The number of hydrogen-bond donors (Lipinski definition) is 1. The smallest absolute Gasteiger partial charge is 0.119 e. The summed E-state index contributed by atoms with van der Waals surface area (Å²) in [7, 11) is 3.64. The molecule has 1 unspecified atom stereocenters. The Balaban J connectivity index is 2.33. The van der Waals surface area contributed by atoms with E-state index in [2.05, 4.69) is 29.6 Å². The zero-order valence-corrected chi connectivity index (χ0v) is 12.2. The Morgan fingerprint density at radius 3 is 2.15 bits per heavy atom. The van der Waals surface area contributed by atoms with Gasteiger partial charge in [-0.3, -0.25) is 0 Å². The number of nitrogens with one attached hydrogen (secondary N) is 1. The van der Waals surface area contributed by atoms with Crippen LogP contribution < -0.4 is 14.8 Å². The van der Waals surface area contributed by atoms with Crippen LogP contribution in [-0.2, 0) is 0 Å². The molecule has 1 atom stereocenters. The molecule has 3 heteroatoms. The molecule has 20 heavy (non-hydrogen) atoms. The van der Waals surface area contributed by atoms with Crippen molar-refractivity contribution in [3.05, 3.63) is 59.7 Å². The van der Waals surface area contributed by atoms with Crippen molar-refractivity contribution in [1.82, 2.24) is 5.32 Å². The summed E-state index contributed by atoms with van der Waals surface area (Å²) in [6.45, 7) is 2.66. The maximum absolute atomic E-state index is 5.57. The van der Waals surface area contributed by atoms with E-state index in [0.717, 1.165) is 11.5 Å². The van der Waals surface area contributed by atoms with Gasteiger partial charge in [-0.15, -0.1) is 0 Å². The van der Waals surface area contributed by atoms with E-state index in [4.69, 9.17) is 9.47 Å². The quantitative estimate of drug-likeness (QED) is 0.873. The lowest BCUT2D eigenvalue weighted by atomic mass is 9.98. The molecule has 0 aromatic heterocycles. The Bertz CT molecular complexity index is 554. The van der Waals surface area contributed by atoms with Gasteiger partial charge in [0.25, 0.3) is 0 Å². The fourth-order valence-electron chi connectivity index (χ4n) is 2.30. The van der Waals surface area contributed by atoms with Crippen molar-refractivity contribution in [2.75, 3.05) is 20.8 Å². The summed E-state index contributed by atoms with van der Waals surface area (Å²) < 4.78 is 10.9. The van der Waals surface area contributed by atoms with Crippen LogP contribution >= 0.6 is 0 Å². The minimum absolute atomic E-state index is 0.116. The third kappa shape index (κ3) is 3.31. The minimum Gasteiger partial charge on any atom is -0.497 e. The van der Waals surface area contributed by atoms with Crippen LogP contribution in [0.3, 0.4) is 0 Å². The Hall–Kier alpha value is -2.00. The van der Waals surface area contributed by atoms with E-state index in [-0.39, 0.29) is 6.04 Å². The highest BCUT2D eigenvalue weighted by Gasteiger charge is 2.13. The highest BCUT2D eigenvalue weighted by atomic mass is 16.5. The van der Waals surface area contributed by atoms with Gasteiger partial charge in [0.15, 0.2) is 0 Å². The molecule has 2 aromatic carbocycles. The van der Waals surface area contributed by atoms with Crippen molar-refractivity contribution < 1.29 is 9.47 Å². The van der Waals surface area contributed by atoms with Crippen LogP contribution in [0.15, 0.2) is 48.5 Å². The first kappa shape index (κ1) is 14.4. The first-order chi connectivity index (χ1) is 9.78. The Morgan fingerprint density at radius 2 is 1.60 bits per heavy atom. The lowest BCUT2D eigenvalue weighted by Crippen LogP contribution is -2.17. The maximum atomic E-state index is 5.57. The van der Waals surface area contributed by atoms with Crippen molar-refractivity contribution in [2.24, 2.45) is 0 Å². The van der Waals surface area contributed by atoms with Crippen LogP contribution in [0, 0.1) is 0 Å². The summed E-state index contributed by atoms with van der Waals surface area (Å²) in [5, 5.41) is 3.34. The molecule has 0 heterocycles. The SMILES string of the molecule is CCOc1cccc(C(NC)c2cccc(OC)c2)c1. The zero-order valence-electron chi connectivity index (χ0n) is 12.2. The van der Waals surface area contributed by atoms with Gasteiger partial charge in [0.2, 0.25) is 0 Å². The van der Waals surface area contributed by atoms with E-state index in [1.54, 1.807) is 7.11 Å². The highest BCUT2D eigenvalue weighted by molar-refractivity contribution is 5.39. The van der Waals surface area contributed by atoms with Crippen molar-refractivity contribution in [3.8, 4) is 11.5 Å². The van der Waals surface area contributed by atoms with Gasteiger partial charge in [0.05, 0.1) is 19.8 Å². The predicted octanol–water partition coefficient (Wildman–Crippen LogP) is 3.40. The van der Waals surface area contributed by atoms with Crippen molar-refractivity contribution >= 4 is 0 Å². The molecule has 0 radical (unpaired) electrons. The zero-order chi connectivity index (χ0) is 14.4. The average molecular weight is 271 g/mol. The highest BCUT2D eigenvalue weighted by Crippen LogP contribution is 2.27. The molecule has 0 saturated carbocycles. The molecular weight excluding hydrogens is 250 g/mol. The summed E-state index contributed by atoms with van der Waals surface area (Å²) >= 11 is 0. The third-order valence-corrected chi connectivity index (χ3v) is 3.22. The number of rotatable bonds is 6. The van der Waals surface area contributed by atoms with Crippen LogP contribution in [0.5, 0.6) is 11.5 Å². The van der Waals surface area contributed by atoms with Crippen LogP contribution in [-0.4, -0.2) is 20.8 Å². The minimum atomic E-state index is 0.116. The summed E-state index contributed by atoms with van der Waals surface area (Å²) in [5.74, 6) is 1.76. The molecule has 0 fully saturated rings. The fraction of sp³-hybridized carbons (Fsp3) is 0.294. The van der Waals surface area contributed by atoms with Crippen LogP contribution in [0.4, 0.5) is 0 Å². The van der Waals surface area contributed by atoms with Crippen molar-refractivity contribution in [1.29, 1.82) is 0 Å². The number of hydrogen-bond acceptors (Lipinski definition) is 3. The third-order valence-electron chi connectivity index (χ3n) is 3.22. The summed E-state index contributed by atoms with van der Waals surface area (Å²) in [4.78, 5) is 0. The molecule has 0 spiro atoms. The van der Waals surface area contributed by atoms with Gasteiger partial charge in [0.1, 0.15) is 11.5 Å². The summed E-state index contributed by atoms with van der Waals surface area (Å²) in [5.41, 5.74) is 2.34. The topological polar surface area (TPSA) is 30.5 Å². The van der Waals surface area contributed by atoms with Gasteiger partial charge in [-0.1, -0.05) is 24.3 Å². The molecule has 1 N–H and O–H groups in total. The van der Waals surface area contributed by atoms with E-state index in [9.17, 15) is 0 Å². The van der Waals surface area contributed by atoms with Crippen molar-refractivity contribution in [3.63, 3.8) is 0 Å². The lowest BCUT2D eigenvalue weighted by Gasteiger charge is -2.18.